The van der Waals surface area contributed by atoms with Gasteiger partial charge >= 0.3 is 17.9 Å². The van der Waals surface area contributed by atoms with Crippen LogP contribution < -0.4 is 0 Å². The summed E-state index contributed by atoms with van der Waals surface area (Å²) in [7, 11) is 0. The quantitative estimate of drug-likeness (QED) is 0.0261. The van der Waals surface area contributed by atoms with Crippen LogP contribution in [0.25, 0.3) is 0 Å². The number of ether oxygens (including phenoxy) is 3. The molecule has 0 amide bonds. The molecule has 414 valence electrons. The molecule has 0 aliphatic rings. The fourth-order valence-electron chi connectivity index (χ4n) is 7.43. The highest BCUT2D eigenvalue weighted by atomic mass is 16.6. The van der Waals surface area contributed by atoms with Crippen LogP contribution in [0.1, 0.15) is 233 Å². The highest BCUT2D eigenvalue weighted by Gasteiger charge is 2.19. The zero-order valence-corrected chi connectivity index (χ0v) is 47.3. The molecule has 0 aromatic carbocycles. The van der Waals surface area contributed by atoms with Crippen molar-refractivity contribution in [2.45, 2.75) is 239 Å². The van der Waals surface area contributed by atoms with Crippen LogP contribution in [0.2, 0.25) is 0 Å². The first-order chi connectivity index (χ1) is 36.5. The molecule has 0 N–H and O–H groups in total. The van der Waals surface area contributed by atoms with Crippen LogP contribution in [0.4, 0.5) is 0 Å². The summed E-state index contributed by atoms with van der Waals surface area (Å²) in [6.45, 7) is 6.28. The lowest BCUT2D eigenvalue weighted by atomic mass is 10.1. The van der Waals surface area contributed by atoms with Gasteiger partial charge in [-0.05, 0) is 122 Å². The Bertz CT molecular complexity index is 1690. The molecule has 0 bridgehead atoms. The van der Waals surface area contributed by atoms with E-state index in [1.165, 1.54) is 51.4 Å². The molecule has 6 heteroatoms. The van der Waals surface area contributed by atoms with Gasteiger partial charge < -0.3 is 14.2 Å². The standard InChI is InChI=1S/C68H106O6/c1-4-7-10-13-16-18-20-22-24-26-28-30-32-33-34-35-37-38-40-42-44-46-48-50-52-55-58-61-67(70)73-64-65(63-72-66(69)60-57-54-15-12-9-6-3)74-68(71)62-59-56-53-51-49-47-45-43-41-39-36-31-29-27-25-23-21-19-17-14-11-8-5-2/h7-8,10-11,16-19,22-25,28-31,33-34,37-39,41,45,47,51,53,65H,4-6,9,12-15,20-21,26-27,32,35-36,40,42-44,46,48-50,52,54-64H2,1-3H3/b10-7-,11-8-,18-16-,19-17-,24-22-,25-23-,30-28-,31-29-,34-33-,38-37-,41-39-,47-45-,53-51-. The Labute approximate surface area is 454 Å². The number of hydrogen-bond acceptors (Lipinski definition) is 6. The average Bonchev–Trinajstić information content (AvgIpc) is 3.40. The van der Waals surface area contributed by atoms with Crippen LogP contribution in [-0.2, 0) is 28.6 Å². The highest BCUT2D eigenvalue weighted by Crippen LogP contribution is 2.13. The van der Waals surface area contributed by atoms with Gasteiger partial charge in [0.1, 0.15) is 13.2 Å². The van der Waals surface area contributed by atoms with Crippen molar-refractivity contribution in [2.75, 3.05) is 13.2 Å². The topological polar surface area (TPSA) is 78.9 Å². The van der Waals surface area contributed by atoms with Gasteiger partial charge in [0.2, 0.25) is 0 Å². The van der Waals surface area contributed by atoms with Gasteiger partial charge in [0, 0.05) is 19.3 Å². The van der Waals surface area contributed by atoms with Gasteiger partial charge in [0.05, 0.1) is 0 Å². The third-order valence-electron chi connectivity index (χ3n) is 11.8. The van der Waals surface area contributed by atoms with Gasteiger partial charge in [-0.15, -0.1) is 0 Å². The van der Waals surface area contributed by atoms with Gasteiger partial charge in [-0.25, -0.2) is 0 Å². The van der Waals surface area contributed by atoms with E-state index in [1.807, 2.05) is 0 Å². The summed E-state index contributed by atoms with van der Waals surface area (Å²) in [6, 6.07) is 0. The molecular formula is C68H106O6. The second-order valence-corrected chi connectivity index (χ2v) is 18.8. The lowest BCUT2D eigenvalue weighted by Crippen LogP contribution is -2.30. The van der Waals surface area contributed by atoms with Crippen molar-refractivity contribution >= 4 is 17.9 Å². The SMILES string of the molecule is CC/C=C\C/C=C\C/C=C\C/C=C\C/C=C\C/C=C\C/C=C\CCCC(=O)OC(COC(=O)CCCCCCCC)COC(=O)CCCCCCCCCC/C=C\C/C=C\C/C=C\C/C=C\C/C=C\C/C=C\CC. The van der Waals surface area contributed by atoms with E-state index in [0.29, 0.717) is 19.3 Å². The van der Waals surface area contributed by atoms with E-state index in [2.05, 4.69) is 179 Å². The van der Waals surface area contributed by atoms with Gasteiger partial charge in [-0.3, -0.25) is 14.4 Å². The molecule has 0 saturated heterocycles. The Kier molecular flexibility index (Phi) is 56.5. The maximum absolute atomic E-state index is 12.8. The van der Waals surface area contributed by atoms with Gasteiger partial charge in [-0.2, -0.15) is 0 Å². The summed E-state index contributed by atoms with van der Waals surface area (Å²) >= 11 is 0. The van der Waals surface area contributed by atoms with Crippen LogP contribution in [-0.4, -0.2) is 37.2 Å². The van der Waals surface area contributed by atoms with E-state index >= 15 is 0 Å². The highest BCUT2D eigenvalue weighted by molar-refractivity contribution is 5.71. The van der Waals surface area contributed by atoms with Gasteiger partial charge in [-0.1, -0.05) is 249 Å². The van der Waals surface area contributed by atoms with Gasteiger partial charge in [0.15, 0.2) is 6.10 Å². The summed E-state index contributed by atoms with van der Waals surface area (Å²) < 4.78 is 16.7. The number of unbranched alkanes of at least 4 members (excludes halogenated alkanes) is 14. The normalized spacial score (nSPS) is 13.3. The second kappa shape index (κ2) is 60.6. The monoisotopic (exact) mass is 1020 g/mol. The molecule has 1 unspecified atom stereocenters. The molecular weight excluding hydrogens is 913 g/mol. The minimum Gasteiger partial charge on any atom is -0.462 e. The third kappa shape index (κ3) is 57.9. The van der Waals surface area contributed by atoms with E-state index in [9.17, 15) is 14.4 Å². The first kappa shape index (κ1) is 69.0. The molecule has 0 heterocycles. The summed E-state index contributed by atoms with van der Waals surface area (Å²) in [4.78, 5) is 37.9. The largest absolute Gasteiger partial charge is 0.462 e. The van der Waals surface area contributed by atoms with Crippen LogP contribution in [0.15, 0.2) is 158 Å². The van der Waals surface area contributed by atoms with Crippen LogP contribution in [0, 0.1) is 0 Å². The van der Waals surface area contributed by atoms with E-state index < -0.39 is 6.10 Å². The minimum atomic E-state index is -0.817. The predicted molar refractivity (Wildman–Crippen MR) is 320 cm³/mol. The van der Waals surface area contributed by atoms with E-state index in [0.717, 1.165) is 135 Å². The summed E-state index contributed by atoms with van der Waals surface area (Å²) in [5, 5.41) is 0. The number of esters is 3. The second-order valence-electron chi connectivity index (χ2n) is 18.8. The molecule has 0 radical (unpaired) electrons. The number of carbonyl (C=O) groups is 3. The van der Waals surface area contributed by atoms with Crippen LogP contribution in [0.5, 0.6) is 0 Å². The van der Waals surface area contributed by atoms with E-state index in [1.54, 1.807) is 0 Å². The predicted octanol–water partition coefficient (Wildman–Crippen LogP) is 20.1. The summed E-state index contributed by atoms with van der Waals surface area (Å²) in [5.74, 6) is -0.997. The average molecular weight is 1020 g/mol. The van der Waals surface area contributed by atoms with Crippen molar-refractivity contribution in [3.63, 3.8) is 0 Å². The Hall–Kier alpha value is -4.97. The number of hydrogen-bond donors (Lipinski definition) is 0. The van der Waals surface area contributed by atoms with Crippen LogP contribution >= 0.6 is 0 Å². The smallest absolute Gasteiger partial charge is 0.306 e. The zero-order valence-electron chi connectivity index (χ0n) is 47.3. The molecule has 0 rings (SSSR count). The van der Waals surface area contributed by atoms with Crippen molar-refractivity contribution in [3.8, 4) is 0 Å². The molecule has 74 heavy (non-hydrogen) atoms. The third-order valence-corrected chi connectivity index (χ3v) is 11.8. The maximum Gasteiger partial charge on any atom is 0.306 e. The molecule has 0 aliphatic carbocycles. The van der Waals surface area contributed by atoms with Crippen molar-refractivity contribution in [2.24, 2.45) is 0 Å². The van der Waals surface area contributed by atoms with Crippen molar-refractivity contribution in [3.05, 3.63) is 158 Å². The maximum atomic E-state index is 12.8. The molecule has 0 saturated carbocycles. The molecule has 1 atom stereocenters. The van der Waals surface area contributed by atoms with Crippen molar-refractivity contribution < 1.29 is 28.6 Å². The van der Waals surface area contributed by atoms with E-state index in [-0.39, 0.29) is 37.5 Å². The number of carbonyl (C=O) groups excluding carboxylic acids is 3. The molecule has 0 aliphatic heterocycles. The molecule has 6 nitrogen and oxygen atoms in total. The first-order valence-electron chi connectivity index (χ1n) is 29.5. The number of rotatable bonds is 51. The molecule has 0 spiro atoms. The zero-order chi connectivity index (χ0) is 53.6. The lowest BCUT2D eigenvalue weighted by molar-refractivity contribution is -0.167. The fraction of sp³-hybridized carbons (Fsp3) is 0.574. The molecule has 0 aromatic heterocycles. The van der Waals surface area contributed by atoms with E-state index in [4.69, 9.17) is 14.2 Å². The minimum absolute atomic E-state index is 0.110. The van der Waals surface area contributed by atoms with Crippen molar-refractivity contribution in [1.82, 2.24) is 0 Å². The van der Waals surface area contributed by atoms with Gasteiger partial charge in [0.25, 0.3) is 0 Å². The summed E-state index contributed by atoms with van der Waals surface area (Å²) in [5.41, 5.74) is 0. The Balaban J connectivity index is 4.29. The molecule has 0 aromatic rings. The number of allylic oxidation sites excluding steroid dienone is 26. The lowest BCUT2D eigenvalue weighted by Gasteiger charge is -2.18. The molecule has 0 fully saturated rings. The summed E-state index contributed by atoms with van der Waals surface area (Å²) in [6.07, 6.45) is 88.4. The van der Waals surface area contributed by atoms with Crippen LogP contribution in [0.3, 0.4) is 0 Å². The van der Waals surface area contributed by atoms with Crippen molar-refractivity contribution in [1.29, 1.82) is 0 Å². The first-order valence-corrected chi connectivity index (χ1v) is 29.5. The fourth-order valence-corrected chi connectivity index (χ4v) is 7.43. The Morgan fingerprint density at radius 2 is 0.541 bits per heavy atom. The Morgan fingerprint density at radius 3 is 0.865 bits per heavy atom. The Morgan fingerprint density at radius 1 is 0.284 bits per heavy atom.